The van der Waals surface area contributed by atoms with Crippen LogP contribution in [0.5, 0.6) is 0 Å². The molecule has 0 aliphatic heterocycles. The van der Waals surface area contributed by atoms with Crippen LogP contribution in [0.1, 0.15) is 16.5 Å². The van der Waals surface area contributed by atoms with Crippen molar-refractivity contribution < 1.29 is 4.39 Å². The van der Waals surface area contributed by atoms with Crippen LogP contribution in [0.25, 0.3) is 0 Å². The van der Waals surface area contributed by atoms with Crippen molar-refractivity contribution in [3.05, 3.63) is 55.4 Å². The SMILES string of the molecule is NNC(c1ccc(F)c(Br)c1)c1sccc1Cl. The van der Waals surface area contributed by atoms with Crippen molar-refractivity contribution in [2.75, 3.05) is 0 Å². The molecule has 2 nitrogen and oxygen atoms in total. The van der Waals surface area contributed by atoms with Crippen molar-refractivity contribution in [1.82, 2.24) is 5.43 Å². The molecule has 0 aliphatic rings. The van der Waals surface area contributed by atoms with E-state index >= 15 is 0 Å². The van der Waals surface area contributed by atoms with Crippen molar-refractivity contribution in [2.45, 2.75) is 6.04 Å². The van der Waals surface area contributed by atoms with Gasteiger partial charge in [0.25, 0.3) is 0 Å². The topological polar surface area (TPSA) is 38.0 Å². The van der Waals surface area contributed by atoms with Gasteiger partial charge < -0.3 is 0 Å². The molecule has 2 aromatic rings. The third kappa shape index (κ3) is 2.69. The highest BCUT2D eigenvalue weighted by atomic mass is 79.9. The van der Waals surface area contributed by atoms with Crippen molar-refractivity contribution in [2.24, 2.45) is 5.84 Å². The number of halogens is 3. The molecule has 1 heterocycles. The molecule has 0 radical (unpaired) electrons. The van der Waals surface area contributed by atoms with E-state index in [-0.39, 0.29) is 11.9 Å². The van der Waals surface area contributed by atoms with Gasteiger partial charge in [0.05, 0.1) is 15.5 Å². The van der Waals surface area contributed by atoms with E-state index in [1.54, 1.807) is 12.1 Å². The maximum atomic E-state index is 13.2. The number of hydrazine groups is 1. The molecule has 0 bridgehead atoms. The predicted molar refractivity (Wildman–Crippen MR) is 72.6 cm³/mol. The molecule has 3 N–H and O–H groups in total. The normalized spacial score (nSPS) is 12.7. The van der Waals surface area contributed by atoms with Gasteiger partial charge in [-0.3, -0.25) is 5.84 Å². The van der Waals surface area contributed by atoms with Crippen LogP contribution < -0.4 is 11.3 Å². The number of hydrogen-bond donors (Lipinski definition) is 2. The Hall–Kier alpha value is -0.460. The van der Waals surface area contributed by atoms with Crippen LogP contribution in [-0.2, 0) is 0 Å². The summed E-state index contributed by atoms with van der Waals surface area (Å²) in [6.45, 7) is 0. The highest BCUT2D eigenvalue weighted by molar-refractivity contribution is 9.10. The van der Waals surface area contributed by atoms with E-state index in [9.17, 15) is 4.39 Å². The Labute approximate surface area is 116 Å². The average Bonchev–Trinajstić information content (AvgIpc) is 2.71. The summed E-state index contributed by atoms with van der Waals surface area (Å²) in [4.78, 5) is 0.910. The maximum absolute atomic E-state index is 13.2. The minimum Gasteiger partial charge on any atom is -0.271 e. The molecule has 0 saturated carbocycles. The zero-order valence-corrected chi connectivity index (χ0v) is 11.7. The molecule has 1 atom stereocenters. The molecule has 17 heavy (non-hydrogen) atoms. The Morgan fingerprint density at radius 3 is 2.71 bits per heavy atom. The summed E-state index contributed by atoms with van der Waals surface area (Å²) in [6.07, 6.45) is 0. The highest BCUT2D eigenvalue weighted by Gasteiger charge is 2.17. The van der Waals surface area contributed by atoms with Crippen LogP contribution in [0.15, 0.2) is 34.1 Å². The van der Waals surface area contributed by atoms with E-state index in [4.69, 9.17) is 17.4 Å². The molecule has 0 aliphatic carbocycles. The molecule has 0 spiro atoms. The maximum Gasteiger partial charge on any atom is 0.137 e. The van der Waals surface area contributed by atoms with Crippen molar-refractivity contribution in [3.8, 4) is 0 Å². The lowest BCUT2D eigenvalue weighted by molar-refractivity contribution is 0.612. The number of nitrogens with one attached hydrogen (secondary N) is 1. The molecule has 90 valence electrons. The van der Waals surface area contributed by atoms with Crippen molar-refractivity contribution in [1.29, 1.82) is 0 Å². The lowest BCUT2D eigenvalue weighted by Crippen LogP contribution is -2.28. The van der Waals surface area contributed by atoms with Gasteiger partial charge in [-0.15, -0.1) is 11.3 Å². The molecule has 1 aromatic carbocycles. The average molecular weight is 336 g/mol. The molecule has 6 heteroatoms. The Morgan fingerprint density at radius 1 is 1.41 bits per heavy atom. The van der Waals surface area contributed by atoms with Gasteiger partial charge >= 0.3 is 0 Å². The Kier molecular flexibility index (Phi) is 4.17. The fourth-order valence-corrected chi connectivity index (χ4v) is 3.18. The Balaban J connectivity index is 2.42. The number of benzene rings is 1. The lowest BCUT2D eigenvalue weighted by atomic mass is 10.1. The fourth-order valence-electron chi connectivity index (χ4n) is 1.53. The number of hydrogen-bond acceptors (Lipinski definition) is 3. The van der Waals surface area contributed by atoms with Crippen LogP contribution in [0.4, 0.5) is 4.39 Å². The third-order valence-electron chi connectivity index (χ3n) is 2.35. The molecular weight excluding hydrogens is 327 g/mol. The first kappa shape index (κ1) is 13.0. The highest BCUT2D eigenvalue weighted by Crippen LogP contribution is 2.33. The van der Waals surface area contributed by atoms with Gasteiger partial charge in [0.2, 0.25) is 0 Å². The van der Waals surface area contributed by atoms with Crippen LogP contribution in [0, 0.1) is 5.82 Å². The lowest BCUT2D eigenvalue weighted by Gasteiger charge is -2.16. The summed E-state index contributed by atoms with van der Waals surface area (Å²) in [7, 11) is 0. The van der Waals surface area contributed by atoms with Gasteiger partial charge in [0.1, 0.15) is 5.82 Å². The monoisotopic (exact) mass is 334 g/mol. The van der Waals surface area contributed by atoms with E-state index in [1.807, 2.05) is 11.4 Å². The zero-order chi connectivity index (χ0) is 12.4. The van der Waals surface area contributed by atoms with E-state index in [0.29, 0.717) is 9.50 Å². The molecule has 1 unspecified atom stereocenters. The van der Waals surface area contributed by atoms with Gasteiger partial charge in [0, 0.05) is 4.88 Å². The van der Waals surface area contributed by atoms with E-state index in [1.165, 1.54) is 17.4 Å². The first-order valence-electron chi connectivity index (χ1n) is 4.77. The van der Waals surface area contributed by atoms with E-state index < -0.39 is 0 Å². The quantitative estimate of drug-likeness (QED) is 0.660. The van der Waals surface area contributed by atoms with E-state index in [2.05, 4.69) is 21.4 Å². The minimum absolute atomic E-state index is 0.237. The first-order chi connectivity index (χ1) is 8.13. The second-order valence-electron chi connectivity index (χ2n) is 3.41. The first-order valence-corrected chi connectivity index (χ1v) is 6.82. The smallest absolute Gasteiger partial charge is 0.137 e. The third-order valence-corrected chi connectivity index (χ3v) is 4.38. The second-order valence-corrected chi connectivity index (χ2v) is 5.62. The number of nitrogens with two attached hydrogens (primary N) is 1. The minimum atomic E-state index is -0.304. The summed E-state index contributed by atoms with van der Waals surface area (Å²) in [5.41, 5.74) is 3.54. The largest absolute Gasteiger partial charge is 0.271 e. The molecule has 0 amide bonds. The summed E-state index contributed by atoms with van der Waals surface area (Å²) >= 11 is 10.7. The summed E-state index contributed by atoms with van der Waals surface area (Å²) < 4.78 is 13.6. The van der Waals surface area contributed by atoms with Crippen LogP contribution >= 0.6 is 38.9 Å². The molecule has 0 saturated heterocycles. The predicted octanol–water partition coefficient (Wildman–Crippen LogP) is 3.86. The number of thiophene rings is 1. The van der Waals surface area contributed by atoms with E-state index in [0.717, 1.165) is 10.4 Å². The zero-order valence-electron chi connectivity index (χ0n) is 8.58. The Morgan fingerprint density at radius 2 is 2.18 bits per heavy atom. The molecular formula is C11H9BrClFN2S. The van der Waals surface area contributed by atoms with Crippen molar-refractivity contribution >= 4 is 38.9 Å². The standard InChI is InChI=1S/C11H9BrClFN2S/c12-7-5-6(1-2-9(7)14)10(16-15)11-8(13)3-4-17-11/h1-5,10,16H,15H2. The van der Waals surface area contributed by atoms with Crippen LogP contribution in [0.2, 0.25) is 5.02 Å². The van der Waals surface area contributed by atoms with Crippen molar-refractivity contribution in [3.63, 3.8) is 0 Å². The molecule has 1 aromatic heterocycles. The van der Waals surface area contributed by atoms with Gasteiger partial charge in [0.15, 0.2) is 0 Å². The molecule has 0 fully saturated rings. The van der Waals surface area contributed by atoms with Gasteiger partial charge in [-0.05, 0) is 45.1 Å². The summed E-state index contributed by atoms with van der Waals surface area (Å²) in [5, 5.41) is 2.54. The van der Waals surface area contributed by atoms with Gasteiger partial charge in [-0.1, -0.05) is 17.7 Å². The number of rotatable bonds is 3. The van der Waals surface area contributed by atoms with Crippen LogP contribution in [0.3, 0.4) is 0 Å². The fraction of sp³-hybridized carbons (Fsp3) is 0.0909. The molecule has 2 rings (SSSR count). The van der Waals surface area contributed by atoms with Crippen LogP contribution in [-0.4, -0.2) is 0 Å². The van der Waals surface area contributed by atoms with Gasteiger partial charge in [-0.2, -0.15) is 0 Å². The Bertz CT molecular complexity index is 532. The summed E-state index contributed by atoms with van der Waals surface area (Å²) in [6, 6.07) is 6.34. The second kappa shape index (κ2) is 5.46. The van der Waals surface area contributed by atoms with Gasteiger partial charge in [-0.25, -0.2) is 9.82 Å². The summed E-state index contributed by atoms with van der Waals surface area (Å²) in [5.74, 6) is 5.24.